The van der Waals surface area contributed by atoms with E-state index in [9.17, 15) is 4.39 Å². The molecule has 0 radical (unpaired) electrons. The number of rotatable bonds is 3. The Morgan fingerprint density at radius 2 is 2.06 bits per heavy atom. The highest BCUT2D eigenvalue weighted by atomic mass is 19.1. The molecule has 1 atom stereocenters. The molecule has 2 N–H and O–H groups in total. The first-order chi connectivity index (χ1) is 8.08. The van der Waals surface area contributed by atoms with Gasteiger partial charge in [0, 0.05) is 17.3 Å². The predicted octanol–water partition coefficient (Wildman–Crippen LogP) is 2.09. The lowest BCUT2D eigenvalue weighted by Gasteiger charge is -2.41. The van der Waals surface area contributed by atoms with Gasteiger partial charge in [-0.25, -0.2) is 4.39 Å². The first kappa shape index (κ1) is 12.5. The van der Waals surface area contributed by atoms with E-state index >= 15 is 0 Å². The highest BCUT2D eigenvalue weighted by Crippen LogP contribution is 2.42. The van der Waals surface area contributed by atoms with E-state index in [1.54, 1.807) is 12.3 Å². The Kier molecular flexibility index (Phi) is 3.45. The monoisotopic (exact) mass is 237 g/mol. The Hall–Kier alpha value is -1.00. The molecule has 1 unspecified atom stereocenters. The van der Waals surface area contributed by atoms with Gasteiger partial charge in [0.05, 0.1) is 12.2 Å². The number of pyridine rings is 1. The predicted molar refractivity (Wildman–Crippen MR) is 66.0 cm³/mol. The van der Waals surface area contributed by atoms with E-state index in [1.807, 2.05) is 14.1 Å². The van der Waals surface area contributed by atoms with Gasteiger partial charge in [-0.15, -0.1) is 0 Å². The molecule has 0 aromatic carbocycles. The van der Waals surface area contributed by atoms with Gasteiger partial charge in [0.15, 0.2) is 0 Å². The zero-order chi connectivity index (χ0) is 12.5. The highest BCUT2D eigenvalue weighted by Gasteiger charge is 2.42. The third-order valence-electron chi connectivity index (χ3n) is 4.08. The second-order valence-electron chi connectivity index (χ2n) is 5.08. The minimum atomic E-state index is -0.298. The molecule has 1 aromatic heterocycles. The molecule has 94 valence electrons. The Balaban J connectivity index is 2.35. The van der Waals surface area contributed by atoms with Gasteiger partial charge in [0.25, 0.3) is 0 Å². The van der Waals surface area contributed by atoms with Crippen LogP contribution in [-0.2, 0) is 0 Å². The van der Waals surface area contributed by atoms with Crippen molar-refractivity contribution in [1.82, 2.24) is 9.88 Å². The Labute approximate surface area is 102 Å². The van der Waals surface area contributed by atoms with Crippen molar-refractivity contribution in [3.05, 3.63) is 29.8 Å². The van der Waals surface area contributed by atoms with E-state index in [2.05, 4.69) is 9.88 Å². The summed E-state index contributed by atoms with van der Waals surface area (Å²) in [5.41, 5.74) is 6.80. The number of likely N-dealkylation sites (N-methyl/N-ethyl adjacent to an activating group) is 1. The zero-order valence-corrected chi connectivity index (χ0v) is 10.5. The number of hydrogen-bond donors (Lipinski definition) is 1. The largest absolute Gasteiger partial charge is 0.322 e. The highest BCUT2D eigenvalue weighted by molar-refractivity contribution is 5.23. The van der Waals surface area contributed by atoms with Gasteiger partial charge in [-0.3, -0.25) is 4.98 Å². The van der Waals surface area contributed by atoms with Gasteiger partial charge in [-0.1, -0.05) is 12.8 Å². The average Bonchev–Trinajstić information content (AvgIpc) is 2.79. The first-order valence-electron chi connectivity index (χ1n) is 6.10. The lowest BCUT2D eigenvalue weighted by molar-refractivity contribution is 0.121. The van der Waals surface area contributed by atoms with Crippen molar-refractivity contribution in [2.24, 2.45) is 5.73 Å². The van der Waals surface area contributed by atoms with Crippen LogP contribution in [0.3, 0.4) is 0 Å². The van der Waals surface area contributed by atoms with E-state index in [4.69, 9.17) is 5.73 Å². The summed E-state index contributed by atoms with van der Waals surface area (Å²) in [5, 5.41) is 0. The Morgan fingerprint density at radius 1 is 1.41 bits per heavy atom. The smallest absolute Gasteiger partial charge is 0.146 e. The van der Waals surface area contributed by atoms with Crippen LogP contribution >= 0.6 is 0 Å². The van der Waals surface area contributed by atoms with Crippen molar-refractivity contribution >= 4 is 0 Å². The molecule has 1 aliphatic rings. The van der Waals surface area contributed by atoms with Crippen molar-refractivity contribution in [3.8, 4) is 0 Å². The third-order valence-corrected chi connectivity index (χ3v) is 4.08. The molecule has 0 spiro atoms. The zero-order valence-electron chi connectivity index (χ0n) is 10.5. The molecule has 0 aliphatic heterocycles. The number of hydrogen-bond acceptors (Lipinski definition) is 3. The fraction of sp³-hybridized carbons (Fsp3) is 0.615. The van der Waals surface area contributed by atoms with Gasteiger partial charge in [0.2, 0.25) is 0 Å². The van der Waals surface area contributed by atoms with Crippen molar-refractivity contribution < 1.29 is 4.39 Å². The number of halogens is 1. The minimum absolute atomic E-state index is 0.109. The average molecular weight is 237 g/mol. The fourth-order valence-electron chi connectivity index (χ4n) is 2.95. The maximum Gasteiger partial charge on any atom is 0.146 e. The van der Waals surface area contributed by atoms with Gasteiger partial charge < -0.3 is 10.6 Å². The molecule has 1 heterocycles. The van der Waals surface area contributed by atoms with Crippen LogP contribution in [0.5, 0.6) is 0 Å². The lowest BCUT2D eigenvalue weighted by atomic mass is 9.83. The number of nitrogens with two attached hydrogens (primary N) is 1. The van der Waals surface area contributed by atoms with Crippen LogP contribution in [0.4, 0.5) is 4.39 Å². The molecule has 17 heavy (non-hydrogen) atoms. The summed E-state index contributed by atoms with van der Waals surface area (Å²) in [6, 6.07) is 1.41. The summed E-state index contributed by atoms with van der Waals surface area (Å²) >= 11 is 0. The molecule has 0 amide bonds. The van der Waals surface area contributed by atoms with Crippen LogP contribution in [0, 0.1) is 5.82 Å². The van der Waals surface area contributed by atoms with Crippen molar-refractivity contribution in [1.29, 1.82) is 0 Å². The molecule has 0 saturated heterocycles. The van der Waals surface area contributed by atoms with Gasteiger partial charge in [-0.2, -0.15) is 0 Å². The van der Waals surface area contributed by atoms with Crippen molar-refractivity contribution in [2.75, 3.05) is 14.1 Å². The van der Waals surface area contributed by atoms with E-state index in [-0.39, 0.29) is 17.4 Å². The molecule has 4 heteroatoms. The maximum atomic E-state index is 13.8. The summed E-state index contributed by atoms with van der Waals surface area (Å²) in [5.74, 6) is -0.298. The summed E-state index contributed by atoms with van der Waals surface area (Å²) in [6.45, 7) is 0. The molecule has 2 rings (SSSR count). The second kappa shape index (κ2) is 4.70. The summed E-state index contributed by atoms with van der Waals surface area (Å²) in [6.07, 6.45) is 7.24. The normalized spacial score (nSPS) is 20.8. The topological polar surface area (TPSA) is 42.1 Å². The van der Waals surface area contributed by atoms with Crippen molar-refractivity contribution in [2.45, 2.75) is 37.3 Å². The number of nitrogens with zero attached hydrogens (tertiary/aromatic N) is 2. The summed E-state index contributed by atoms with van der Waals surface area (Å²) < 4.78 is 13.8. The second-order valence-corrected chi connectivity index (χ2v) is 5.08. The van der Waals surface area contributed by atoms with Crippen LogP contribution in [0.1, 0.15) is 37.3 Å². The van der Waals surface area contributed by atoms with E-state index in [0.717, 1.165) is 12.8 Å². The van der Waals surface area contributed by atoms with Crippen LogP contribution in [0.2, 0.25) is 0 Å². The van der Waals surface area contributed by atoms with Crippen LogP contribution in [-0.4, -0.2) is 29.5 Å². The van der Waals surface area contributed by atoms with Gasteiger partial charge in [0.1, 0.15) is 5.82 Å². The van der Waals surface area contributed by atoms with E-state index < -0.39 is 0 Å². The Morgan fingerprint density at radius 3 is 2.59 bits per heavy atom. The molecule has 1 aliphatic carbocycles. The first-order valence-corrected chi connectivity index (χ1v) is 6.10. The number of aromatic nitrogens is 1. The quantitative estimate of drug-likeness (QED) is 0.875. The summed E-state index contributed by atoms with van der Waals surface area (Å²) in [4.78, 5) is 5.93. The van der Waals surface area contributed by atoms with Crippen LogP contribution < -0.4 is 5.73 Å². The SMILES string of the molecule is CN(C)C1(C(N)c2ccncc2F)CCCC1. The van der Waals surface area contributed by atoms with Gasteiger partial charge in [-0.05, 0) is 33.0 Å². The molecule has 0 bridgehead atoms. The van der Waals surface area contributed by atoms with E-state index in [1.165, 1.54) is 19.0 Å². The minimum Gasteiger partial charge on any atom is -0.322 e. The molecule has 1 fully saturated rings. The van der Waals surface area contributed by atoms with Gasteiger partial charge >= 0.3 is 0 Å². The lowest BCUT2D eigenvalue weighted by Crippen LogP contribution is -2.50. The van der Waals surface area contributed by atoms with Crippen LogP contribution in [0.15, 0.2) is 18.5 Å². The standard InChI is InChI=1S/C13H20FN3/c1-17(2)13(6-3-4-7-13)12(15)10-5-8-16-9-11(10)14/h5,8-9,12H,3-4,6-7,15H2,1-2H3. The maximum absolute atomic E-state index is 13.8. The molecule has 1 saturated carbocycles. The van der Waals surface area contributed by atoms with Crippen LogP contribution in [0.25, 0.3) is 0 Å². The molecular weight excluding hydrogens is 217 g/mol. The fourth-order valence-corrected chi connectivity index (χ4v) is 2.95. The molecule has 1 aromatic rings. The third kappa shape index (κ3) is 2.07. The molecule has 3 nitrogen and oxygen atoms in total. The molecular formula is C13H20FN3. The Bertz CT molecular complexity index is 386. The van der Waals surface area contributed by atoms with Crippen molar-refractivity contribution in [3.63, 3.8) is 0 Å². The summed E-state index contributed by atoms with van der Waals surface area (Å²) in [7, 11) is 4.06. The van der Waals surface area contributed by atoms with E-state index in [0.29, 0.717) is 5.56 Å².